The van der Waals surface area contributed by atoms with Crippen LogP contribution in [0.5, 0.6) is 0 Å². The molecule has 2 heterocycles. The van der Waals surface area contributed by atoms with Crippen LogP contribution in [0.15, 0.2) is 54.9 Å². The third-order valence-corrected chi connectivity index (χ3v) is 5.36. The number of aromatic nitrogens is 2. The predicted octanol–water partition coefficient (Wildman–Crippen LogP) is 4.24. The Labute approximate surface area is 154 Å². The van der Waals surface area contributed by atoms with Gasteiger partial charge in [0.15, 0.2) is 0 Å². The van der Waals surface area contributed by atoms with Crippen molar-refractivity contribution in [3.05, 3.63) is 82.9 Å². The number of imidazole rings is 1. The van der Waals surface area contributed by atoms with E-state index >= 15 is 0 Å². The molecule has 1 amide bonds. The molecule has 4 rings (SSSR count). The van der Waals surface area contributed by atoms with Crippen LogP contribution in [0.4, 0.5) is 5.69 Å². The Hall–Kier alpha value is -2.88. The Bertz CT molecular complexity index is 973. The van der Waals surface area contributed by atoms with Crippen molar-refractivity contribution >= 4 is 11.6 Å². The van der Waals surface area contributed by atoms with Crippen molar-refractivity contribution < 1.29 is 4.79 Å². The van der Waals surface area contributed by atoms with Crippen LogP contribution >= 0.6 is 0 Å². The van der Waals surface area contributed by atoms with Crippen LogP contribution in [0, 0.1) is 6.92 Å². The van der Waals surface area contributed by atoms with Crippen molar-refractivity contribution in [1.82, 2.24) is 9.55 Å². The number of hydrogen-bond acceptors (Lipinski definition) is 2. The molecule has 0 bridgehead atoms. The van der Waals surface area contributed by atoms with Crippen LogP contribution in [-0.2, 0) is 20.0 Å². The molecule has 1 atom stereocenters. The number of aryl methyl sites for hydroxylation is 2. The highest BCUT2D eigenvalue weighted by molar-refractivity contribution is 6.10. The first-order valence-corrected chi connectivity index (χ1v) is 9.01. The van der Waals surface area contributed by atoms with Gasteiger partial charge >= 0.3 is 0 Å². The fraction of sp³-hybridized carbons (Fsp3) is 0.273. The van der Waals surface area contributed by atoms with Crippen LogP contribution in [0.2, 0.25) is 0 Å². The van der Waals surface area contributed by atoms with Crippen molar-refractivity contribution in [3.8, 4) is 0 Å². The smallest absolute Gasteiger partial charge is 0.258 e. The number of fused-ring (bicyclic) bond motifs is 1. The third-order valence-electron chi connectivity index (χ3n) is 5.36. The van der Waals surface area contributed by atoms with Gasteiger partial charge in [-0.2, -0.15) is 0 Å². The van der Waals surface area contributed by atoms with Crippen LogP contribution < -0.4 is 4.90 Å². The zero-order valence-corrected chi connectivity index (χ0v) is 15.4. The van der Waals surface area contributed by atoms with Crippen molar-refractivity contribution in [2.45, 2.75) is 32.7 Å². The molecule has 132 valence electrons. The van der Waals surface area contributed by atoms with Crippen molar-refractivity contribution in [3.63, 3.8) is 0 Å². The number of benzene rings is 2. The van der Waals surface area contributed by atoms with E-state index in [-0.39, 0.29) is 5.91 Å². The van der Waals surface area contributed by atoms with E-state index in [0.29, 0.717) is 12.5 Å². The molecule has 4 nitrogen and oxygen atoms in total. The molecule has 3 aromatic rings. The first-order valence-electron chi connectivity index (χ1n) is 9.01. The van der Waals surface area contributed by atoms with Crippen LogP contribution in [0.3, 0.4) is 0 Å². The van der Waals surface area contributed by atoms with Crippen molar-refractivity contribution in [2.24, 2.45) is 7.05 Å². The SMILES string of the molecule is Cc1cccc2c1CN(c1cccc(C(C)Cc3nccn3C)c1)C2=O. The summed E-state index contributed by atoms with van der Waals surface area (Å²) < 4.78 is 2.06. The molecule has 1 aliphatic heterocycles. The van der Waals surface area contributed by atoms with Gasteiger partial charge < -0.3 is 9.47 Å². The molecule has 1 unspecified atom stereocenters. The highest BCUT2D eigenvalue weighted by atomic mass is 16.2. The van der Waals surface area contributed by atoms with E-state index in [0.717, 1.165) is 29.1 Å². The summed E-state index contributed by atoms with van der Waals surface area (Å²) in [5.41, 5.74) is 5.35. The summed E-state index contributed by atoms with van der Waals surface area (Å²) in [5.74, 6) is 1.50. The molecule has 26 heavy (non-hydrogen) atoms. The molecule has 0 N–H and O–H groups in total. The number of hydrogen-bond donors (Lipinski definition) is 0. The Morgan fingerprint density at radius 2 is 2.00 bits per heavy atom. The number of rotatable bonds is 4. The van der Waals surface area contributed by atoms with E-state index in [1.807, 2.05) is 48.6 Å². The fourth-order valence-corrected chi connectivity index (χ4v) is 3.68. The Morgan fingerprint density at radius 1 is 1.19 bits per heavy atom. The topological polar surface area (TPSA) is 38.1 Å². The lowest BCUT2D eigenvalue weighted by molar-refractivity contribution is 0.0996. The lowest BCUT2D eigenvalue weighted by Crippen LogP contribution is -2.23. The van der Waals surface area contributed by atoms with Gasteiger partial charge in [0.25, 0.3) is 5.91 Å². The molecule has 2 aromatic carbocycles. The average molecular weight is 345 g/mol. The van der Waals surface area contributed by atoms with Crippen LogP contribution in [0.1, 0.15) is 45.7 Å². The Balaban J connectivity index is 1.60. The molecule has 0 saturated heterocycles. The molecule has 0 spiro atoms. The summed E-state index contributed by atoms with van der Waals surface area (Å²) in [5, 5.41) is 0. The van der Waals surface area contributed by atoms with Crippen molar-refractivity contribution in [2.75, 3.05) is 4.90 Å². The van der Waals surface area contributed by atoms with Gasteiger partial charge in [-0.15, -0.1) is 0 Å². The molecule has 4 heteroatoms. The molecule has 0 fully saturated rings. The zero-order chi connectivity index (χ0) is 18.3. The van der Waals surface area contributed by atoms with Gasteiger partial charge in [0.05, 0.1) is 6.54 Å². The molecule has 0 saturated carbocycles. The van der Waals surface area contributed by atoms with E-state index in [1.54, 1.807) is 0 Å². The normalized spacial score (nSPS) is 14.6. The fourth-order valence-electron chi connectivity index (χ4n) is 3.68. The highest BCUT2D eigenvalue weighted by Crippen LogP contribution is 2.32. The second-order valence-electron chi connectivity index (χ2n) is 7.15. The largest absolute Gasteiger partial charge is 0.338 e. The quantitative estimate of drug-likeness (QED) is 0.709. The van der Waals surface area contributed by atoms with E-state index in [9.17, 15) is 4.79 Å². The van der Waals surface area contributed by atoms with Gasteiger partial charge in [-0.05, 0) is 47.7 Å². The number of carbonyl (C=O) groups excluding carboxylic acids is 1. The third kappa shape index (κ3) is 2.81. The van der Waals surface area contributed by atoms with E-state index in [1.165, 1.54) is 11.1 Å². The van der Waals surface area contributed by atoms with Crippen LogP contribution in [0.25, 0.3) is 0 Å². The maximum atomic E-state index is 12.8. The molecule has 0 radical (unpaired) electrons. The first-order chi connectivity index (χ1) is 12.5. The summed E-state index contributed by atoms with van der Waals surface area (Å²) >= 11 is 0. The Morgan fingerprint density at radius 3 is 2.73 bits per heavy atom. The summed E-state index contributed by atoms with van der Waals surface area (Å²) in [6.07, 6.45) is 4.68. The van der Waals surface area contributed by atoms with Gasteiger partial charge in [-0.3, -0.25) is 4.79 Å². The zero-order valence-electron chi connectivity index (χ0n) is 15.4. The van der Waals surface area contributed by atoms with E-state index < -0.39 is 0 Å². The maximum absolute atomic E-state index is 12.8. The minimum absolute atomic E-state index is 0.0950. The van der Waals surface area contributed by atoms with Gasteiger partial charge in [0.2, 0.25) is 0 Å². The molecule has 0 aliphatic carbocycles. The van der Waals surface area contributed by atoms with Gasteiger partial charge in [0, 0.05) is 37.1 Å². The number of nitrogens with zero attached hydrogens (tertiary/aromatic N) is 3. The lowest BCUT2D eigenvalue weighted by atomic mass is 9.97. The minimum Gasteiger partial charge on any atom is -0.338 e. The van der Waals surface area contributed by atoms with Crippen LogP contribution in [-0.4, -0.2) is 15.5 Å². The first kappa shape index (κ1) is 16.6. The highest BCUT2D eigenvalue weighted by Gasteiger charge is 2.29. The molecular formula is C22H23N3O. The maximum Gasteiger partial charge on any atom is 0.258 e. The summed E-state index contributed by atoms with van der Waals surface area (Å²) in [6.45, 7) is 4.93. The standard InChI is InChI=1S/C22H23N3O/c1-15-6-4-9-19-20(15)14-25(22(19)26)18-8-5-7-17(13-18)16(2)12-21-23-10-11-24(21)3/h4-11,13,16H,12,14H2,1-3H3. The Kier molecular flexibility index (Phi) is 4.11. The van der Waals surface area contributed by atoms with Gasteiger partial charge in [0.1, 0.15) is 5.82 Å². The average Bonchev–Trinajstić information content (AvgIpc) is 3.20. The number of carbonyl (C=O) groups is 1. The van der Waals surface area contributed by atoms with Gasteiger partial charge in [-0.25, -0.2) is 4.98 Å². The summed E-state index contributed by atoms with van der Waals surface area (Å²) in [6, 6.07) is 14.3. The van der Waals surface area contributed by atoms with E-state index in [4.69, 9.17) is 0 Å². The minimum atomic E-state index is 0.0950. The monoisotopic (exact) mass is 345 g/mol. The number of amides is 1. The second kappa shape index (κ2) is 6.45. The van der Waals surface area contributed by atoms with Crippen molar-refractivity contribution in [1.29, 1.82) is 0 Å². The molecule has 1 aromatic heterocycles. The second-order valence-corrected chi connectivity index (χ2v) is 7.15. The lowest BCUT2D eigenvalue weighted by Gasteiger charge is -2.19. The molecule has 1 aliphatic rings. The predicted molar refractivity (Wildman–Crippen MR) is 103 cm³/mol. The van der Waals surface area contributed by atoms with E-state index in [2.05, 4.69) is 41.6 Å². The summed E-state index contributed by atoms with van der Waals surface area (Å²) in [7, 11) is 2.02. The number of anilines is 1. The summed E-state index contributed by atoms with van der Waals surface area (Å²) in [4.78, 5) is 19.2. The van der Waals surface area contributed by atoms with Gasteiger partial charge in [-0.1, -0.05) is 31.2 Å². The molecular weight excluding hydrogens is 322 g/mol.